The molecular formula is C32H26BN8O2S. The van der Waals surface area contributed by atoms with E-state index in [2.05, 4.69) is 20.2 Å². The molecule has 0 atom stereocenters. The summed E-state index contributed by atoms with van der Waals surface area (Å²) in [6.45, 7) is 3.83. The highest BCUT2D eigenvalue weighted by Gasteiger charge is 2.19. The van der Waals surface area contributed by atoms with Gasteiger partial charge in [-0.05, 0) is 36.7 Å². The molecule has 0 aliphatic carbocycles. The predicted molar refractivity (Wildman–Crippen MR) is 173 cm³/mol. The van der Waals surface area contributed by atoms with Crippen molar-refractivity contribution in [2.75, 3.05) is 10.0 Å². The first-order chi connectivity index (χ1) is 21.4. The van der Waals surface area contributed by atoms with Crippen LogP contribution in [0.25, 0.3) is 33.8 Å². The minimum absolute atomic E-state index is 0.102. The lowest BCUT2D eigenvalue weighted by molar-refractivity contribution is 0.601. The lowest BCUT2D eigenvalue weighted by atomic mass is 9.75. The van der Waals surface area contributed by atoms with Crippen LogP contribution in [0.4, 0.5) is 17.3 Å². The van der Waals surface area contributed by atoms with E-state index in [0.29, 0.717) is 34.3 Å². The Kier molecular flexibility index (Phi) is 6.82. The molecule has 7 rings (SSSR count). The zero-order valence-electron chi connectivity index (χ0n) is 23.9. The molecule has 1 radical (unpaired) electrons. The van der Waals surface area contributed by atoms with Crippen molar-refractivity contribution in [1.29, 1.82) is 0 Å². The van der Waals surface area contributed by atoms with Gasteiger partial charge in [0, 0.05) is 40.7 Å². The molecule has 0 aliphatic rings. The van der Waals surface area contributed by atoms with Gasteiger partial charge in [-0.3, -0.25) is 4.72 Å². The molecule has 0 bridgehead atoms. The molecule has 0 unspecified atom stereocenters. The lowest BCUT2D eigenvalue weighted by Crippen LogP contribution is -2.16. The smallest absolute Gasteiger partial charge is 0.263 e. The van der Waals surface area contributed by atoms with Gasteiger partial charge in [0.2, 0.25) is 0 Å². The van der Waals surface area contributed by atoms with Crippen LogP contribution in [0.15, 0.2) is 114 Å². The Balaban J connectivity index is 1.20. The van der Waals surface area contributed by atoms with Crippen LogP contribution in [0, 0.1) is 6.92 Å². The Morgan fingerprint density at radius 1 is 0.705 bits per heavy atom. The molecule has 215 valence electrons. The number of rotatable bonds is 8. The van der Waals surface area contributed by atoms with Gasteiger partial charge in [-0.2, -0.15) is 19.2 Å². The Morgan fingerprint density at radius 2 is 1.27 bits per heavy atom. The first-order valence-corrected chi connectivity index (χ1v) is 15.4. The van der Waals surface area contributed by atoms with Crippen LogP contribution >= 0.6 is 0 Å². The second-order valence-electron chi connectivity index (χ2n) is 10.2. The number of nitrogens with zero attached hydrogens (tertiary/aromatic N) is 6. The van der Waals surface area contributed by atoms with Crippen molar-refractivity contribution in [2.24, 2.45) is 0 Å². The Hall–Kier alpha value is -5.49. The first-order valence-electron chi connectivity index (χ1n) is 13.9. The maximum Gasteiger partial charge on any atom is 0.263 e. The van der Waals surface area contributed by atoms with Crippen molar-refractivity contribution < 1.29 is 8.42 Å². The van der Waals surface area contributed by atoms with Crippen LogP contribution < -0.4 is 15.5 Å². The molecule has 10 nitrogen and oxygen atoms in total. The van der Waals surface area contributed by atoms with E-state index < -0.39 is 10.0 Å². The molecule has 4 heterocycles. The molecule has 4 aromatic heterocycles. The van der Waals surface area contributed by atoms with Crippen LogP contribution in [-0.4, -0.2) is 44.9 Å². The van der Waals surface area contributed by atoms with Gasteiger partial charge in [0.1, 0.15) is 11.6 Å². The summed E-state index contributed by atoms with van der Waals surface area (Å²) < 4.78 is 33.1. The number of aromatic nitrogens is 6. The van der Waals surface area contributed by atoms with Crippen LogP contribution in [0.5, 0.6) is 0 Å². The maximum atomic E-state index is 13.6. The van der Waals surface area contributed by atoms with Crippen molar-refractivity contribution >= 4 is 51.4 Å². The Bertz CT molecular complexity index is 2230. The summed E-state index contributed by atoms with van der Waals surface area (Å²) in [6, 6.07) is 29.7. The summed E-state index contributed by atoms with van der Waals surface area (Å²) in [6.07, 6.45) is 3.43. The highest BCUT2D eigenvalue weighted by atomic mass is 32.2. The van der Waals surface area contributed by atoms with Crippen LogP contribution in [0.3, 0.4) is 0 Å². The quantitative estimate of drug-likeness (QED) is 0.227. The third kappa shape index (κ3) is 5.05. The monoisotopic (exact) mass is 597 g/mol. The topological polar surface area (TPSA) is 119 Å². The third-order valence-electron chi connectivity index (χ3n) is 7.27. The summed E-state index contributed by atoms with van der Waals surface area (Å²) in [5.41, 5.74) is 6.99. The van der Waals surface area contributed by atoms with Gasteiger partial charge >= 0.3 is 0 Å². The number of sulfonamides is 1. The molecule has 0 saturated heterocycles. The van der Waals surface area contributed by atoms with Gasteiger partial charge in [0.25, 0.3) is 10.0 Å². The molecule has 3 aromatic carbocycles. The molecule has 0 amide bonds. The van der Waals surface area contributed by atoms with Gasteiger partial charge in [0.05, 0.1) is 22.5 Å². The van der Waals surface area contributed by atoms with E-state index in [-0.39, 0.29) is 4.90 Å². The summed E-state index contributed by atoms with van der Waals surface area (Å²) in [7, 11) is -2.00. The van der Waals surface area contributed by atoms with E-state index >= 15 is 0 Å². The molecule has 7 aromatic rings. The zero-order chi connectivity index (χ0) is 30.3. The highest BCUT2D eigenvalue weighted by molar-refractivity contribution is 7.92. The van der Waals surface area contributed by atoms with Crippen LogP contribution in [-0.2, 0) is 10.0 Å². The van der Waals surface area contributed by atoms with E-state index in [1.54, 1.807) is 47.2 Å². The number of anilines is 3. The van der Waals surface area contributed by atoms with Crippen molar-refractivity contribution in [2.45, 2.75) is 18.6 Å². The average Bonchev–Trinajstić information content (AvgIpc) is 3.65. The average molecular weight is 597 g/mol. The minimum Gasteiger partial charge on any atom is -0.340 e. The number of hydrogen-bond donors (Lipinski definition) is 2. The zero-order valence-corrected chi connectivity index (χ0v) is 24.7. The van der Waals surface area contributed by atoms with E-state index in [1.165, 1.54) is 4.52 Å². The summed E-state index contributed by atoms with van der Waals surface area (Å²) in [4.78, 5) is 9.66. The minimum atomic E-state index is -3.96. The lowest BCUT2D eigenvalue weighted by Gasteiger charge is -2.13. The Morgan fingerprint density at radius 3 is 1.91 bits per heavy atom. The number of nitrogens with one attached hydrogen (secondary N) is 2. The van der Waals surface area contributed by atoms with E-state index in [9.17, 15) is 8.42 Å². The van der Waals surface area contributed by atoms with Crippen LogP contribution in [0.1, 0.15) is 5.56 Å². The fourth-order valence-electron chi connectivity index (χ4n) is 4.99. The fourth-order valence-corrected chi connectivity index (χ4v) is 6.03. The van der Waals surface area contributed by atoms with Gasteiger partial charge in [-0.1, -0.05) is 67.5 Å². The van der Waals surface area contributed by atoms with E-state index in [1.807, 2.05) is 87.8 Å². The van der Waals surface area contributed by atoms with Crippen LogP contribution in [0.2, 0.25) is 6.82 Å². The van der Waals surface area contributed by atoms with E-state index in [4.69, 9.17) is 9.97 Å². The summed E-state index contributed by atoms with van der Waals surface area (Å²) in [5, 5.41) is 12.3. The van der Waals surface area contributed by atoms with Gasteiger partial charge < -0.3 is 5.32 Å². The predicted octanol–water partition coefficient (Wildman–Crippen LogP) is 5.34. The normalized spacial score (nSPS) is 11.6. The fraction of sp³-hybridized carbons (Fsp3) is 0.0625. The molecule has 2 N–H and O–H groups in total. The largest absolute Gasteiger partial charge is 0.340 e. The highest BCUT2D eigenvalue weighted by Crippen LogP contribution is 2.27. The first kappa shape index (κ1) is 27.4. The molecule has 12 heteroatoms. The van der Waals surface area contributed by atoms with Gasteiger partial charge in [-0.25, -0.2) is 18.4 Å². The number of fused-ring (bicyclic) bond motifs is 2. The standard InChI is InChI=1S/C32H26BN8O2S/c1-21-19-34-41-30(18-28(37-31(21)41)23-11-7-4-8-12-23)39-44(42,43)25-15-13-24(14-16-25)36-29-17-27(22-9-5-3-6-10-22)38-32-26(33-2)20-35-40(29)32/h3-20,36,39H,1-2H3. The Labute approximate surface area is 254 Å². The molecular weight excluding hydrogens is 571 g/mol. The number of hydrogen-bond acceptors (Lipinski definition) is 7. The molecule has 0 fully saturated rings. The second kappa shape index (κ2) is 11.0. The number of aryl methyl sites for hydroxylation is 1. The van der Waals surface area contributed by atoms with E-state index in [0.717, 1.165) is 27.8 Å². The SMILES string of the molecule is C[B]c1cnn2c(Nc3ccc(S(=O)(=O)Nc4cc(-c5ccccc5)nc5c(C)cnn45)cc3)cc(-c3ccccc3)nc12. The van der Waals surface area contributed by atoms with Crippen molar-refractivity contribution in [3.63, 3.8) is 0 Å². The molecule has 0 aliphatic heterocycles. The third-order valence-corrected chi connectivity index (χ3v) is 8.64. The molecule has 0 saturated carbocycles. The van der Waals surface area contributed by atoms with Crippen molar-refractivity contribution in [3.8, 4) is 22.5 Å². The van der Waals surface area contributed by atoms with Gasteiger partial charge in [0.15, 0.2) is 18.6 Å². The summed E-state index contributed by atoms with van der Waals surface area (Å²) >= 11 is 0. The number of benzene rings is 3. The summed E-state index contributed by atoms with van der Waals surface area (Å²) in [5.74, 6) is 0.983. The molecule has 44 heavy (non-hydrogen) atoms. The van der Waals surface area contributed by atoms with Crippen molar-refractivity contribution in [1.82, 2.24) is 29.2 Å². The van der Waals surface area contributed by atoms with Gasteiger partial charge in [-0.15, -0.1) is 0 Å². The maximum absolute atomic E-state index is 13.6. The molecule has 0 spiro atoms. The second-order valence-corrected chi connectivity index (χ2v) is 11.9. The van der Waals surface area contributed by atoms with Crippen molar-refractivity contribution in [3.05, 3.63) is 115 Å².